The van der Waals surface area contributed by atoms with Crippen LogP contribution in [0.2, 0.25) is 0 Å². The number of rotatable bonds is 6. The standard InChI is InChI=1S/C20H23N3O5/c1-14(24)28-17-7-5-6-15(10-17)8-9-18(25)22-16-11-21-23(12-16)13-27-19(26)20(2,3)4/h5-12H,13H2,1-4H3,(H,22,25)/b9-8+. The van der Waals surface area contributed by atoms with Gasteiger partial charge in [0.05, 0.1) is 23.5 Å². The Morgan fingerprint density at radius 2 is 2.00 bits per heavy atom. The average Bonchev–Trinajstić information content (AvgIpc) is 3.04. The van der Waals surface area contributed by atoms with Crippen LogP contribution in [0.15, 0.2) is 42.7 Å². The van der Waals surface area contributed by atoms with Gasteiger partial charge in [-0.25, -0.2) is 4.68 Å². The first-order valence-electron chi connectivity index (χ1n) is 8.61. The maximum absolute atomic E-state index is 12.0. The molecule has 1 aromatic heterocycles. The molecule has 0 spiro atoms. The van der Waals surface area contributed by atoms with Crippen LogP contribution in [0.3, 0.4) is 0 Å². The normalized spacial score (nSPS) is 11.3. The summed E-state index contributed by atoms with van der Waals surface area (Å²) < 4.78 is 11.6. The van der Waals surface area contributed by atoms with E-state index in [1.54, 1.807) is 57.3 Å². The molecule has 0 aliphatic heterocycles. The zero-order chi connectivity index (χ0) is 20.7. The monoisotopic (exact) mass is 385 g/mol. The van der Waals surface area contributed by atoms with E-state index in [9.17, 15) is 14.4 Å². The van der Waals surface area contributed by atoms with Gasteiger partial charge in [0.25, 0.3) is 0 Å². The number of carbonyl (C=O) groups excluding carboxylic acids is 3. The van der Waals surface area contributed by atoms with Crippen LogP contribution >= 0.6 is 0 Å². The van der Waals surface area contributed by atoms with Gasteiger partial charge in [0.1, 0.15) is 5.75 Å². The lowest BCUT2D eigenvalue weighted by molar-refractivity contribution is -0.157. The van der Waals surface area contributed by atoms with E-state index in [4.69, 9.17) is 9.47 Å². The van der Waals surface area contributed by atoms with Crippen molar-refractivity contribution >= 4 is 29.6 Å². The Hall–Kier alpha value is -3.42. The lowest BCUT2D eigenvalue weighted by Crippen LogP contribution is -2.24. The fraction of sp³-hybridized carbons (Fsp3) is 0.300. The van der Waals surface area contributed by atoms with E-state index in [0.29, 0.717) is 17.0 Å². The van der Waals surface area contributed by atoms with Gasteiger partial charge in [-0.15, -0.1) is 0 Å². The van der Waals surface area contributed by atoms with Crippen molar-refractivity contribution in [1.82, 2.24) is 9.78 Å². The smallest absolute Gasteiger partial charge is 0.313 e. The fourth-order valence-electron chi connectivity index (χ4n) is 2.04. The van der Waals surface area contributed by atoms with Gasteiger partial charge < -0.3 is 14.8 Å². The first-order valence-corrected chi connectivity index (χ1v) is 8.61. The Kier molecular flexibility index (Phi) is 6.70. The van der Waals surface area contributed by atoms with Crippen molar-refractivity contribution < 1.29 is 23.9 Å². The number of carbonyl (C=O) groups is 3. The largest absolute Gasteiger partial charge is 0.442 e. The predicted molar refractivity (Wildman–Crippen MR) is 103 cm³/mol. The molecule has 2 rings (SSSR count). The van der Waals surface area contributed by atoms with Gasteiger partial charge in [-0.05, 0) is 44.5 Å². The maximum atomic E-state index is 12.0. The summed E-state index contributed by atoms with van der Waals surface area (Å²) in [6.07, 6.45) is 5.96. The second-order valence-corrected chi connectivity index (χ2v) is 7.07. The zero-order valence-electron chi connectivity index (χ0n) is 16.3. The van der Waals surface area contributed by atoms with Crippen LogP contribution in [0.25, 0.3) is 6.08 Å². The summed E-state index contributed by atoms with van der Waals surface area (Å²) >= 11 is 0. The summed E-state index contributed by atoms with van der Waals surface area (Å²) in [7, 11) is 0. The number of hydrogen-bond acceptors (Lipinski definition) is 6. The minimum atomic E-state index is -0.595. The quantitative estimate of drug-likeness (QED) is 0.466. The first-order chi connectivity index (χ1) is 13.1. The van der Waals surface area contributed by atoms with Crippen molar-refractivity contribution in [2.24, 2.45) is 5.41 Å². The van der Waals surface area contributed by atoms with Crippen molar-refractivity contribution in [3.05, 3.63) is 48.3 Å². The summed E-state index contributed by atoms with van der Waals surface area (Å²) in [5.74, 6) is -0.707. The average molecular weight is 385 g/mol. The number of nitrogens with one attached hydrogen (secondary N) is 1. The maximum Gasteiger partial charge on any atom is 0.313 e. The number of ether oxygens (including phenoxy) is 2. The van der Waals surface area contributed by atoms with Crippen LogP contribution in [0.5, 0.6) is 5.75 Å². The second-order valence-electron chi connectivity index (χ2n) is 7.07. The van der Waals surface area contributed by atoms with Gasteiger partial charge in [-0.1, -0.05) is 12.1 Å². The molecule has 0 bridgehead atoms. The molecule has 1 aromatic carbocycles. The first kappa shape index (κ1) is 20.9. The predicted octanol–water partition coefficient (Wildman–Crippen LogP) is 3.01. The number of benzene rings is 1. The summed E-state index contributed by atoms with van der Waals surface area (Å²) in [5.41, 5.74) is 0.579. The Morgan fingerprint density at radius 1 is 1.25 bits per heavy atom. The third-order valence-electron chi connectivity index (χ3n) is 3.39. The summed E-state index contributed by atoms with van der Waals surface area (Å²) in [5, 5.41) is 6.70. The second kappa shape index (κ2) is 8.98. The van der Waals surface area contributed by atoms with Crippen molar-refractivity contribution in [3.8, 4) is 5.75 Å². The summed E-state index contributed by atoms with van der Waals surface area (Å²) in [6.45, 7) is 6.57. The lowest BCUT2D eigenvalue weighted by atomic mass is 9.98. The molecule has 0 saturated carbocycles. The molecule has 8 nitrogen and oxygen atoms in total. The minimum Gasteiger partial charge on any atom is -0.442 e. The molecule has 1 N–H and O–H groups in total. The van der Waals surface area contributed by atoms with Crippen LogP contribution in [0.4, 0.5) is 5.69 Å². The Labute approximate surface area is 163 Å². The SMILES string of the molecule is CC(=O)Oc1cccc(/C=C/C(=O)Nc2cnn(COC(=O)C(C)(C)C)c2)c1. The van der Waals surface area contributed by atoms with Crippen LogP contribution in [-0.2, 0) is 25.9 Å². The molecule has 0 fully saturated rings. The fourth-order valence-corrected chi connectivity index (χ4v) is 2.04. The number of amides is 1. The van der Waals surface area contributed by atoms with E-state index in [2.05, 4.69) is 10.4 Å². The molecular formula is C20H23N3O5. The van der Waals surface area contributed by atoms with E-state index in [-0.39, 0.29) is 18.6 Å². The number of nitrogens with zero attached hydrogens (tertiary/aromatic N) is 2. The van der Waals surface area contributed by atoms with E-state index >= 15 is 0 Å². The van der Waals surface area contributed by atoms with Crippen LogP contribution < -0.4 is 10.1 Å². The van der Waals surface area contributed by atoms with Gasteiger partial charge in [-0.3, -0.25) is 14.4 Å². The molecule has 0 radical (unpaired) electrons. The molecule has 1 heterocycles. The highest BCUT2D eigenvalue weighted by Crippen LogP contribution is 2.16. The number of aromatic nitrogens is 2. The van der Waals surface area contributed by atoms with Crippen molar-refractivity contribution in [1.29, 1.82) is 0 Å². The molecule has 2 aromatic rings. The zero-order valence-corrected chi connectivity index (χ0v) is 16.3. The molecular weight excluding hydrogens is 362 g/mol. The molecule has 0 aliphatic rings. The van der Waals surface area contributed by atoms with Gasteiger partial charge in [0.2, 0.25) is 5.91 Å². The summed E-state index contributed by atoms with van der Waals surface area (Å²) in [6, 6.07) is 6.80. The van der Waals surface area contributed by atoms with E-state index in [0.717, 1.165) is 0 Å². The lowest BCUT2D eigenvalue weighted by Gasteiger charge is -2.16. The third kappa shape index (κ3) is 6.71. The highest BCUT2D eigenvalue weighted by atomic mass is 16.5. The van der Waals surface area contributed by atoms with Gasteiger partial charge >= 0.3 is 11.9 Å². The van der Waals surface area contributed by atoms with E-state index in [1.165, 1.54) is 23.9 Å². The Balaban J connectivity index is 1.90. The minimum absolute atomic E-state index is 0.0370. The molecule has 8 heteroatoms. The van der Waals surface area contributed by atoms with Crippen LogP contribution in [-0.4, -0.2) is 27.6 Å². The highest BCUT2D eigenvalue weighted by Gasteiger charge is 2.23. The molecule has 0 atom stereocenters. The number of esters is 2. The van der Waals surface area contributed by atoms with E-state index in [1.807, 2.05) is 0 Å². The van der Waals surface area contributed by atoms with Crippen molar-refractivity contribution in [2.45, 2.75) is 34.4 Å². The van der Waals surface area contributed by atoms with Crippen LogP contribution in [0, 0.1) is 5.41 Å². The Morgan fingerprint density at radius 3 is 2.68 bits per heavy atom. The van der Waals surface area contributed by atoms with Gasteiger partial charge in [0, 0.05) is 13.0 Å². The van der Waals surface area contributed by atoms with E-state index < -0.39 is 11.4 Å². The topological polar surface area (TPSA) is 99.5 Å². The summed E-state index contributed by atoms with van der Waals surface area (Å²) in [4.78, 5) is 34.8. The number of hydrogen-bond donors (Lipinski definition) is 1. The number of anilines is 1. The van der Waals surface area contributed by atoms with Gasteiger partial charge in [-0.2, -0.15) is 5.10 Å². The highest BCUT2D eigenvalue weighted by molar-refractivity contribution is 6.01. The molecule has 0 aliphatic carbocycles. The molecule has 148 valence electrons. The molecule has 0 saturated heterocycles. The van der Waals surface area contributed by atoms with Crippen LogP contribution in [0.1, 0.15) is 33.3 Å². The van der Waals surface area contributed by atoms with Crippen molar-refractivity contribution in [3.63, 3.8) is 0 Å². The molecule has 0 unspecified atom stereocenters. The van der Waals surface area contributed by atoms with Gasteiger partial charge in [0.15, 0.2) is 6.73 Å². The Bertz CT molecular complexity index is 893. The molecule has 1 amide bonds. The van der Waals surface area contributed by atoms with Crippen molar-refractivity contribution in [2.75, 3.05) is 5.32 Å². The molecule has 28 heavy (non-hydrogen) atoms. The third-order valence-corrected chi connectivity index (χ3v) is 3.39.